The molecule has 30 heavy (non-hydrogen) atoms. The Labute approximate surface area is 187 Å². The van der Waals surface area contributed by atoms with Crippen molar-refractivity contribution >= 4 is 34.9 Å². The zero-order chi connectivity index (χ0) is 21.5. The van der Waals surface area contributed by atoms with E-state index in [0.717, 1.165) is 24.5 Å². The Balaban J connectivity index is 1.37. The van der Waals surface area contributed by atoms with Gasteiger partial charge in [-0.15, -0.1) is 0 Å². The lowest BCUT2D eigenvalue weighted by Crippen LogP contribution is -2.45. The third-order valence-corrected chi connectivity index (χ3v) is 5.27. The smallest absolute Gasteiger partial charge is 0.220 e. The topological polar surface area (TPSA) is 63.7 Å². The van der Waals surface area contributed by atoms with Gasteiger partial charge in [0.15, 0.2) is 0 Å². The molecule has 1 aromatic carbocycles. The first kappa shape index (κ1) is 22.7. The van der Waals surface area contributed by atoms with E-state index in [1.165, 1.54) is 0 Å². The fourth-order valence-corrected chi connectivity index (χ4v) is 3.83. The van der Waals surface area contributed by atoms with Crippen LogP contribution < -0.4 is 15.0 Å². The summed E-state index contributed by atoms with van der Waals surface area (Å²) in [4.78, 5) is 18.9. The number of hydrogen-bond donors (Lipinski definition) is 1. The first-order valence-electron chi connectivity index (χ1n) is 10.1. The van der Waals surface area contributed by atoms with Gasteiger partial charge < -0.3 is 19.7 Å². The van der Waals surface area contributed by atoms with Crippen molar-refractivity contribution in [3.8, 4) is 5.75 Å². The zero-order valence-electron chi connectivity index (χ0n) is 17.2. The molecular formula is C22H27Cl2N3O3. The number of hydrogen-bond acceptors (Lipinski definition) is 5. The van der Waals surface area contributed by atoms with Gasteiger partial charge in [-0.1, -0.05) is 29.3 Å². The van der Waals surface area contributed by atoms with E-state index in [1.807, 2.05) is 18.3 Å². The molecule has 0 saturated carbocycles. The summed E-state index contributed by atoms with van der Waals surface area (Å²) in [7, 11) is 0. The number of carbonyl (C=O) groups is 1. The molecule has 1 aliphatic heterocycles. The lowest BCUT2D eigenvalue weighted by Gasteiger charge is -2.36. The van der Waals surface area contributed by atoms with Crippen molar-refractivity contribution in [2.24, 2.45) is 0 Å². The number of halogens is 2. The molecule has 3 rings (SSSR count). The first-order valence-corrected chi connectivity index (χ1v) is 10.9. The molecule has 2 unspecified atom stereocenters. The van der Waals surface area contributed by atoms with E-state index in [-0.39, 0.29) is 18.1 Å². The van der Waals surface area contributed by atoms with Gasteiger partial charge in [-0.05, 0) is 50.1 Å². The molecule has 0 bridgehead atoms. The Hall–Kier alpha value is -2.02. The number of aromatic nitrogens is 1. The summed E-state index contributed by atoms with van der Waals surface area (Å²) in [5.74, 6) is 1.47. The number of carbonyl (C=O) groups excluding carboxylic acids is 1. The van der Waals surface area contributed by atoms with E-state index in [1.54, 1.807) is 18.2 Å². The fraction of sp³-hybridized carbons (Fsp3) is 0.455. The molecule has 1 fully saturated rings. The molecule has 2 atom stereocenters. The molecule has 1 saturated heterocycles. The fourth-order valence-electron chi connectivity index (χ4n) is 3.37. The van der Waals surface area contributed by atoms with Gasteiger partial charge in [-0.3, -0.25) is 4.79 Å². The van der Waals surface area contributed by atoms with Crippen LogP contribution in [0.3, 0.4) is 0 Å². The second-order valence-corrected chi connectivity index (χ2v) is 8.33. The standard InChI is InChI=1S/C22H27Cl2N3O3/c1-15-13-27(14-16(2)30-15)21-8-5-17(11-25-21)12-26-22(28)4-3-9-29-20-7-6-18(23)10-19(20)24/h5-8,10-11,15-16H,3-4,9,12-14H2,1-2H3,(H,26,28). The van der Waals surface area contributed by atoms with Crippen LogP contribution in [0, 0.1) is 0 Å². The number of anilines is 1. The zero-order valence-corrected chi connectivity index (χ0v) is 18.7. The number of pyridine rings is 1. The maximum atomic E-state index is 12.1. The summed E-state index contributed by atoms with van der Waals surface area (Å²) in [6.45, 7) is 6.66. The summed E-state index contributed by atoms with van der Waals surface area (Å²) in [5, 5.41) is 3.94. The van der Waals surface area contributed by atoms with Crippen LogP contribution in [-0.2, 0) is 16.1 Å². The number of nitrogens with one attached hydrogen (secondary N) is 1. The van der Waals surface area contributed by atoms with Crippen molar-refractivity contribution in [3.63, 3.8) is 0 Å². The van der Waals surface area contributed by atoms with E-state index >= 15 is 0 Å². The van der Waals surface area contributed by atoms with Crippen LogP contribution in [0.1, 0.15) is 32.3 Å². The number of rotatable bonds is 8. The molecular weight excluding hydrogens is 425 g/mol. The summed E-state index contributed by atoms with van der Waals surface area (Å²) < 4.78 is 11.4. The lowest BCUT2D eigenvalue weighted by atomic mass is 10.2. The third-order valence-electron chi connectivity index (χ3n) is 4.74. The molecule has 0 radical (unpaired) electrons. The minimum absolute atomic E-state index is 0.0271. The summed E-state index contributed by atoms with van der Waals surface area (Å²) in [6.07, 6.45) is 3.16. The van der Waals surface area contributed by atoms with Crippen molar-refractivity contribution in [2.45, 2.75) is 45.4 Å². The van der Waals surface area contributed by atoms with E-state index in [2.05, 4.69) is 29.0 Å². The van der Waals surface area contributed by atoms with Gasteiger partial charge in [0.25, 0.3) is 0 Å². The maximum Gasteiger partial charge on any atom is 0.220 e. The van der Waals surface area contributed by atoms with Crippen LogP contribution in [0.2, 0.25) is 10.0 Å². The van der Waals surface area contributed by atoms with Crippen molar-refractivity contribution < 1.29 is 14.3 Å². The number of nitrogens with zero attached hydrogens (tertiary/aromatic N) is 2. The van der Waals surface area contributed by atoms with Crippen LogP contribution in [0.5, 0.6) is 5.75 Å². The predicted molar refractivity (Wildman–Crippen MR) is 119 cm³/mol. The second kappa shape index (κ2) is 10.8. The average Bonchev–Trinajstić information content (AvgIpc) is 2.70. The average molecular weight is 452 g/mol. The highest BCUT2D eigenvalue weighted by Crippen LogP contribution is 2.27. The second-order valence-electron chi connectivity index (χ2n) is 7.49. The SMILES string of the molecule is CC1CN(c2ccc(CNC(=O)CCCOc3ccc(Cl)cc3Cl)cn2)CC(C)O1. The number of ether oxygens (including phenoxy) is 2. The van der Waals surface area contributed by atoms with Gasteiger partial charge in [-0.2, -0.15) is 0 Å². The Morgan fingerprint density at radius 2 is 2.00 bits per heavy atom. The lowest BCUT2D eigenvalue weighted by molar-refractivity contribution is -0.121. The molecule has 1 amide bonds. The van der Waals surface area contributed by atoms with E-state index in [4.69, 9.17) is 32.7 Å². The van der Waals surface area contributed by atoms with E-state index in [9.17, 15) is 4.79 Å². The molecule has 2 aromatic rings. The Bertz CT molecular complexity index is 838. The van der Waals surface area contributed by atoms with Gasteiger partial charge >= 0.3 is 0 Å². The van der Waals surface area contributed by atoms with Crippen LogP contribution in [-0.4, -0.2) is 42.8 Å². The van der Waals surface area contributed by atoms with Gasteiger partial charge in [0.2, 0.25) is 5.91 Å². The van der Waals surface area contributed by atoms with Crippen molar-refractivity contribution in [1.82, 2.24) is 10.3 Å². The molecule has 2 heterocycles. The van der Waals surface area contributed by atoms with Crippen LogP contribution in [0.15, 0.2) is 36.5 Å². The highest BCUT2D eigenvalue weighted by molar-refractivity contribution is 6.35. The third kappa shape index (κ3) is 6.76. The molecule has 8 heteroatoms. The van der Waals surface area contributed by atoms with Crippen LogP contribution in [0.4, 0.5) is 5.82 Å². The highest BCUT2D eigenvalue weighted by Gasteiger charge is 2.22. The van der Waals surface area contributed by atoms with Crippen molar-refractivity contribution in [1.29, 1.82) is 0 Å². The normalized spacial score (nSPS) is 18.9. The number of morpholine rings is 1. The molecule has 1 aromatic heterocycles. The number of amides is 1. The van der Waals surface area contributed by atoms with Gasteiger partial charge in [0.05, 0.1) is 23.8 Å². The van der Waals surface area contributed by atoms with Crippen LogP contribution >= 0.6 is 23.2 Å². The minimum atomic E-state index is -0.0271. The van der Waals surface area contributed by atoms with Gasteiger partial charge in [0, 0.05) is 37.3 Å². The molecule has 0 spiro atoms. The Kier molecular flexibility index (Phi) is 8.19. The van der Waals surface area contributed by atoms with Crippen molar-refractivity contribution in [3.05, 3.63) is 52.1 Å². The predicted octanol–water partition coefficient (Wildman–Crippen LogP) is 4.48. The summed E-state index contributed by atoms with van der Waals surface area (Å²) >= 11 is 11.9. The molecule has 0 aliphatic carbocycles. The van der Waals surface area contributed by atoms with E-state index < -0.39 is 0 Å². The molecule has 162 valence electrons. The number of benzene rings is 1. The highest BCUT2D eigenvalue weighted by atomic mass is 35.5. The molecule has 6 nitrogen and oxygen atoms in total. The summed E-state index contributed by atoms with van der Waals surface area (Å²) in [5.41, 5.74) is 0.964. The summed E-state index contributed by atoms with van der Waals surface area (Å²) in [6, 6.07) is 9.06. The van der Waals surface area contributed by atoms with Crippen molar-refractivity contribution in [2.75, 3.05) is 24.6 Å². The molecule has 1 N–H and O–H groups in total. The van der Waals surface area contributed by atoms with E-state index in [0.29, 0.717) is 41.8 Å². The maximum absolute atomic E-state index is 12.1. The van der Waals surface area contributed by atoms with Crippen LogP contribution in [0.25, 0.3) is 0 Å². The monoisotopic (exact) mass is 451 g/mol. The molecule has 1 aliphatic rings. The van der Waals surface area contributed by atoms with Gasteiger partial charge in [-0.25, -0.2) is 4.98 Å². The Morgan fingerprint density at radius 3 is 2.67 bits per heavy atom. The first-order chi connectivity index (χ1) is 14.4. The quantitative estimate of drug-likeness (QED) is 0.599. The van der Waals surface area contributed by atoms with Gasteiger partial charge in [0.1, 0.15) is 11.6 Å². The largest absolute Gasteiger partial charge is 0.492 e. The minimum Gasteiger partial charge on any atom is -0.492 e. The Morgan fingerprint density at radius 1 is 1.23 bits per heavy atom.